The van der Waals surface area contributed by atoms with Gasteiger partial charge in [0, 0.05) is 0 Å². The molecule has 30 heavy (non-hydrogen) atoms. The maximum atomic E-state index is 12.5. The fourth-order valence-corrected chi connectivity index (χ4v) is 2.62. The number of fused-ring (bicyclic) bond motifs is 1. The predicted octanol–water partition coefficient (Wildman–Crippen LogP) is 2.79. The predicted molar refractivity (Wildman–Crippen MR) is 107 cm³/mol. The molecular formula is C21H28N2O7. The summed E-state index contributed by atoms with van der Waals surface area (Å²) in [6.45, 7) is 9.59. The number of ether oxygens (including phenoxy) is 2. The summed E-state index contributed by atoms with van der Waals surface area (Å²) in [5, 5.41) is 0.658. The Bertz CT molecular complexity index is 801. The van der Waals surface area contributed by atoms with Crippen molar-refractivity contribution in [3.8, 4) is 0 Å². The van der Waals surface area contributed by atoms with E-state index >= 15 is 0 Å². The molecule has 1 aliphatic rings. The zero-order valence-electron chi connectivity index (χ0n) is 18.2. The third-order valence-corrected chi connectivity index (χ3v) is 3.73. The van der Waals surface area contributed by atoms with E-state index in [1.54, 1.807) is 53.7 Å². The fraction of sp³-hybridized carbons (Fsp3) is 0.524. The summed E-state index contributed by atoms with van der Waals surface area (Å²) in [4.78, 5) is 55.8. The van der Waals surface area contributed by atoms with Gasteiger partial charge in [-0.3, -0.25) is 24.1 Å². The molecule has 0 spiro atoms. The number of hydroxylamine groups is 2. The number of esters is 1. The number of nitrogens with zero attached hydrogens (tertiary/aromatic N) is 2. The molecule has 0 unspecified atom stereocenters. The van der Waals surface area contributed by atoms with E-state index < -0.39 is 35.1 Å². The van der Waals surface area contributed by atoms with Crippen LogP contribution in [0.1, 0.15) is 62.3 Å². The molecular weight excluding hydrogens is 392 g/mol. The Morgan fingerprint density at radius 3 is 1.87 bits per heavy atom. The minimum absolute atomic E-state index is 0.0957. The van der Waals surface area contributed by atoms with Crippen molar-refractivity contribution < 1.29 is 33.5 Å². The van der Waals surface area contributed by atoms with Gasteiger partial charge in [0.2, 0.25) is 0 Å². The van der Waals surface area contributed by atoms with Gasteiger partial charge in [-0.25, -0.2) is 4.79 Å². The highest BCUT2D eigenvalue weighted by atomic mass is 16.7. The summed E-state index contributed by atoms with van der Waals surface area (Å²) in [6, 6.07) is 6.38. The van der Waals surface area contributed by atoms with Gasteiger partial charge in [0.05, 0.1) is 24.3 Å². The van der Waals surface area contributed by atoms with Crippen LogP contribution in [0.15, 0.2) is 24.3 Å². The van der Waals surface area contributed by atoms with E-state index in [1.165, 1.54) is 12.1 Å². The lowest BCUT2D eigenvalue weighted by molar-refractivity contribution is -0.156. The molecule has 0 aromatic heterocycles. The lowest BCUT2D eigenvalue weighted by atomic mass is 10.1. The van der Waals surface area contributed by atoms with E-state index in [9.17, 15) is 19.2 Å². The van der Waals surface area contributed by atoms with Crippen LogP contribution in [0.5, 0.6) is 0 Å². The van der Waals surface area contributed by atoms with E-state index in [-0.39, 0.29) is 30.8 Å². The fourth-order valence-electron chi connectivity index (χ4n) is 2.62. The second kappa shape index (κ2) is 8.83. The van der Waals surface area contributed by atoms with Crippen LogP contribution in [-0.2, 0) is 19.1 Å². The zero-order valence-corrected chi connectivity index (χ0v) is 18.2. The molecule has 1 aromatic carbocycles. The lowest BCUT2D eigenvalue weighted by Crippen LogP contribution is -2.44. The van der Waals surface area contributed by atoms with Crippen molar-refractivity contribution in [1.29, 1.82) is 0 Å². The largest absolute Gasteiger partial charge is 0.459 e. The molecule has 0 radical (unpaired) electrons. The number of carbonyl (C=O) groups excluding carboxylic acids is 4. The van der Waals surface area contributed by atoms with Gasteiger partial charge in [-0.05, 0) is 53.7 Å². The first kappa shape index (κ1) is 23.3. The highest BCUT2D eigenvalue weighted by molar-refractivity contribution is 6.20. The minimum atomic E-state index is -0.771. The summed E-state index contributed by atoms with van der Waals surface area (Å²) in [7, 11) is 0. The van der Waals surface area contributed by atoms with Gasteiger partial charge in [-0.15, -0.1) is 5.06 Å². The van der Waals surface area contributed by atoms with Crippen LogP contribution in [0.3, 0.4) is 0 Å². The van der Waals surface area contributed by atoms with Crippen molar-refractivity contribution in [3.05, 3.63) is 35.4 Å². The van der Waals surface area contributed by atoms with E-state index in [0.717, 1.165) is 4.90 Å². The molecule has 164 valence electrons. The molecule has 0 atom stereocenters. The van der Waals surface area contributed by atoms with Crippen LogP contribution in [0.4, 0.5) is 4.79 Å². The summed E-state index contributed by atoms with van der Waals surface area (Å²) < 4.78 is 10.6. The van der Waals surface area contributed by atoms with Crippen LogP contribution >= 0.6 is 0 Å². The Kier molecular flexibility index (Phi) is 6.87. The standard InChI is InChI=1S/C21H28N2O7/c1-20(2,3)29-16(24)13-22(19(27)30-21(4,5)6)11-12-28-23-17(25)14-9-7-8-10-15(14)18(23)26/h7-10H,11-13H2,1-6H3. The van der Waals surface area contributed by atoms with Crippen LogP contribution in [-0.4, -0.2) is 64.7 Å². The smallest absolute Gasteiger partial charge is 0.410 e. The van der Waals surface area contributed by atoms with Gasteiger partial charge in [0.1, 0.15) is 17.7 Å². The van der Waals surface area contributed by atoms with Crippen LogP contribution in [0.25, 0.3) is 0 Å². The molecule has 1 aliphatic heterocycles. The number of imide groups is 1. The summed E-state index contributed by atoms with van der Waals surface area (Å²) >= 11 is 0. The van der Waals surface area contributed by atoms with E-state index in [4.69, 9.17) is 14.3 Å². The Morgan fingerprint density at radius 1 is 0.900 bits per heavy atom. The van der Waals surface area contributed by atoms with Gasteiger partial charge in [-0.1, -0.05) is 12.1 Å². The Morgan fingerprint density at radius 2 is 1.40 bits per heavy atom. The summed E-state index contributed by atoms with van der Waals surface area (Å²) in [5.41, 5.74) is -0.986. The Labute approximate surface area is 175 Å². The molecule has 0 N–H and O–H groups in total. The molecule has 0 bridgehead atoms. The van der Waals surface area contributed by atoms with Gasteiger partial charge in [0.15, 0.2) is 0 Å². The van der Waals surface area contributed by atoms with Crippen molar-refractivity contribution >= 4 is 23.9 Å². The number of benzene rings is 1. The van der Waals surface area contributed by atoms with Crippen molar-refractivity contribution in [1.82, 2.24) is 9.96 Å². The molecule has 3 amide bonds. The van der Waals surface area contributed by atoms with Crippen LogP contribution in [0.2, 0.25) is 0 Å². The first-order valence-electron chi connectivity index (χ1n) is 9.59. The van der Waals surface area contributed by atoms with Crippen molar-refractivity contribution in [2.24, 2.45) is 0 Å². The van der Waals surface area contributed by atoms with Gasteiger partial charge < -0.3 is 9.47 Å². The molecule has 0 aliphatic carbocycles. The second-order valence-electron chi connectivity index (χ2n) is 8.77. The second-order valence-corrected chi connectivity index (χ2v) is 8.77. The molecule has 9 heteroatoms. The topological polar surface area (TPSA) is 102 Å². The van der Waals surface area contributed by atoms with Crippen molar-refractivity contribution in [3.63, 3.8) is 0 Å². The number of amides is 3. The maximum Gasteiger partial charge on any atom is 0.410 e. The highest BCUT2D eigenvalue weighted by Gasteiger charge is 2.36. The quantitative estimate of drug-likeness (QED) is 0.515. The Balaban J connectivity index is 2.02. The maximum absolute atomic E-state index is 12.5. The molecule has 1 heterocycles. The zero-order chi connectivity index (χ0) is 22.7. The van der Waals surface area contributed by atoms with Crippen molar-refractivity contribution in [2.75, 3.05) is 19.7 Å². The first-order chi connectivity index (χ1) is 13.8. The molecule has 0 fully saturated rings. The van der Waals surface area contributed by atoms with Crippen LogP contribution in [0, 0.1) is 0 Å². The molecule has 2 rings (SSSR count). The number of rotatable bonds is 6. The van der Waals surface area contributed by atoms with Gasteiger partial charge in [0.25, 0.3) is 11.8 Å². The first-order valence-corrected chi connectivity index (χ1v) is 9.59. The average Bonchev–Trinajstić information content (AvgIpc) is 2.83. The number of hydrogen-bond acceptors (Lipinski definition) is 7. The van der Waals surface area contributed by atoms with Crippen molar-refractivity contribution in [2.45, 2.75) is 52.7 Å². The monoisotopic (exact) mass is 420 g/mol. The highest BCUT2D eigenvalue weighted by Crippen LogP contribution is 2.22. The Hall–Kier alpha value is -2.94. The van der Waals surface area contributed by atoms with E-state index in [0.29, 0.717) is 5.06 Å². The third kappa shape index (κ3) is 6.28. The van der Waals surface area contributed by atoms with Gasteiger partial charge >= 0.3 is 12.1 Å². The van der Waals surface area contributed by atoms with Crippen LogP contribution < -0.4 is 0 Å². The number of hydrogen-bond donors (Lipinski definition) is 0. The lowest BCUT2D eigenvalue weighted by Gasteiger charge is -2.28. The SMILES string of the molecule is CC(C)(C)OC(=O)CN(CCON1C(=O)c2ccccc2C1=O)C(=O)OC(C)(C)C. The molecule has 9 nitrogen and oxygen atoms in total. The molecule has 0 saturated heterocycles. The minimum Gasteiger partial charge on any atom is -0.459 e. The van der Waals surface area contributed by atoms with Gasteiger partial charge in [-0.2, -0.15) is 0 Å². The summed E-state index contributed by atoms with van der Waals surface area (Å²) in [6.07, 6.45) is -0.737. The third-order valence-electron chi connectivity index (χ3n) is 3.73. The van der Waals surface area contributed by atoms with E-state index in [2.05, 4.69) is 0 Å². The van der Waals surface area contributed by atoms with E-state index in [1.807, 2.05) is 0 Å². The number of carbonyl (C=O) groups is 4. The summed E-state index contributed by atoms with van der Waals surface area (Å²) in [5.74, 6) is -1.77. The normalized spacial score (nSPS) is 13.9. The average molecular weight is 420 g/mol. The molecule has 0 saturated carbocycles. The molecule has 1 aromatic rings.